The predicted octanol–water partition coefficient (Wildman–Crippen LogP) is 4.77. The first-order valence-corrected chi connectivity index (χ1v) is 11.3. The van der Waals surface area contributed by atoms with E-state index in [0.717, 1.165) is 22.9 Å². The number of aromatic nitrogens is 5. The third-order valence-electron chi connectivity index (χ3n) is 5.09. The molecule has 0 radical (unpaired) electrons. The second-order valence-corrected chi connectivity index (χ2v) is 8.50. The molecule has 32 heavy (non-hydrogen) atoms. The summed E-state index contributed by atoms with van der Waals surface area (Å²) in [5.74, 6) is -0.296. The minimum Gasteiger partial charge on any atom is -0.349 e. The molecule has 0 saturated heterocycles. The van der Waals surface area contributed by atoms with Crippen LogP contribution in [0.2, 0.25) is 0 Å². The molecule has 0 fully saturated rings. The maximum atomic E-state index is 14.7. The lowest BCUT2D eigenvalue weighted by molar-refractivity contribution is 0.102. The van der Waals surface area contributed by atoms with Crippen molar-refractivity contribution in [2.45, 2.75) is 33.7 Å². The first-order chi connectivity index (χ1) is 15.4. The van der Waals surface area contributed by atoms with Gasteiger partial charge < -0.3 is 14.8 Å². The van der Waals surface area contributed by atoms with Crippen molar-refractivity contribution in [2.75, 3.05) is 23.3 Å². The fourth-order valence-electron chi connectivity index (χ4n) is 3.36. The number of hydrogen-bond donors (Lipinski definition) is 1. The molecule has 1 aromatic carbocycles. The van der Waals surface area contributed by atoms with Gasteiger partial charge in [0.1, 0.15) is 23.7 Å². The number of rotatable bonds is 7. The zero-order valence-electron chi connectivity index (χ0n) is 18.3. The standard InChI is InChI=1S/C22H24FN7OS/c1-5-29(6-2)22-26-17-11-15(23)14(10-18(17)32-22)21(31)27-19-9-7-8-16(25-19)20-28-24-12-30(20)13(3)4/h7-13H,5-6H2,1-4H3,(H,25,27,31). The molecule has 0 bridgehead atoms. The summed E-state index contributed by atoms with van der Waals surface area (Å²) in [4.78, 5) is 23.9. The van der Waals surface area contributed by atoms with Gasteiger partial charge >= 0.3 is 0 Å². The average molecular weight is 454 g/mol. The molecule has 3 aromatic heterocycles. The summed E-state index contributed by atoms with van der Waals surface area (Å²) in [5.41, 5.74) is 1.06. The highest BCUT2D eigenvalue weighted by atomic mass is 32.1. The molecule has 0 aliphatic carbocycles. The number of carbonyl (C=O) groups is 1. The third kappa shape index (κ3) is 4.18. The van der Waals surface area contributed by atoms with Gasteiger partial charge in [-0.15, -0.1) is 10.2 Å². The number of benzene rings is 1. The number of nitrogens with zero attached hydrogens (tertiary/aromatic N) is 6. The number of amides is 1. The van der Waals surface area contributed by atoms with Crippen LogP contribution >= 0.6 is 11.3 Å². The van der Waals surface area contributed by atoms with E-state index < -0.39 is 11.7 Å². The lowest BCUT2D eigenvalue weighted by atomic mass is 10.2. The van der Waals surface area contributed by atoms with Crippen LogP contribution in [-0.4, -0.2) is 43.7 Å². The van der Waals surface area contributed by atoms with E-state index in [1.54, 1.807) is 30.6 Å². The minimum absolute atomic E-state index is 0.0511. The van der Waals surface area contributed by atoms with Gasteiger partial charge in [-0.3, -0.25) is 4.79 Å². The highest BCUT2D eigenvalue weighted by Gasteiger charge is 2.18. The summed E-state index contributed by atoms with van der Waals surface area (Å²) in [6.07, 6.45) is 1.64. The van der Waals surface area contributed by atoms with Gasteiger partial charge in [0.2, 0.25) is 0 Å². The Morgan fingerprint density at radius 1 is 1.22 bits per heavy atom. The molecule has 0 aliphatic heterocycles. The van der Waals surface area contributed by atoms with Crippen molar-refractivity contribution >= 4 is 38.4 Å². The van der Waals surface area contributed by atoms with E-state index in [0.29, 0.717) is 22.9 Å². The molecule has 0 atom stereocenters. The Morgan fingerprint density at radius 3 is 2.72 bits per heavy atom. The Balaban J connectivity index is 1.61. The Hall–Kier alpha value is -3.40. The van der Waals surface area contributed by atoms with Gasteiger partial charge in [-0.05, 0) is 45.9 Å². The molecule has 10 heteroatoms. The SMILES string of the molecule is CCN(CC)c1nc2cc(F)c(C(=O)Nc3cccc(-c4nncn4C(C)C)n3)cc2s1. The van der Waals surface area contributed by atoms with Crippen molar-refractivity contribution in [1.29, 1.82) is 0 Å². The number of thiazole rings is 1. The molecule has 1 N–H and O–H groups in total. The van der Waals surface area contributed by atoms with E-state index in [1.165, 1.54) is 17.4 Å². The Labute approximate surface area is 189 Å². The van der Waals surface area contributed by atoms with Crippen molar-refractivity contribution in [3.8, 4) is 11.5 Å². The summed E-state index contributed by atoms with van der Waals surface area (Å²) in [7, 11) is 0. The van der Waals surface area contributed by atoms with E-state index >= 15 is 0 Å². The smallest absolute Gasteiger partial charge is 0.259 e. The van der Waals surface area contributed by atoms with Gasteiger partial charge in [0.25, 0.3) is 5.91 Å². The quantitative estimate of drug-likeness (QED) is 0.434. The molecular formula is C22H24FN7OS. The van der Waals surface area contributed by atoms with E-state index in [4.69, 9.17) is 0 Å². The second-order valence-electron chi connectivity index (χ2n) is 7.49. The highest BCUT2D eigenvalue weighted by molar-refractivity contribution is 7.22. The molecule has 0 unspecified atom stereocenters. The summed E-state index contributed by atoms with van der Waals surface area (Å²) in [6, 6.07) is 8.21. The van der Waals surface area contributed by atoms with E-state index in [9.17, 15) is 9.18 Å². The summed E-state index contributed by atoms with van der Waals surface area (Å²) in [6.45, 7) is 9.72. The van der Waals surface area contributed by atoms with Crippen LogP contribution in [0.4, 0.5) is 15.3 Å². The van der Waals surface area contributed by atoms with Gasteiger partial charge in [-0.2, -0.15) is 0 Å². The maximum absolute atomic E-state index is 14.7. The molecule has 1 amide bonds. The van der Waals surface area contributed by atoms with Crippen LogP contribution < -0.4 is 10.2 Å². The number of fused-ring (bicyclic) bond motifs is 1. The normalized spacial score (nSPS) is 11.3. The lowest BCUT2D eigenvalue weighted by Crippen LogP contribution is -2.21. The molecule has 166 valence electrons. The largest absolute Gasteiger partial charge is 0.349 e. The first kappa shape index (κ1) is 21.8. The molecule has 3 heterocycles. The van der Waals surface area contributed by atoms with Crippen LogP contribution in [0.3, 0.4) is 0 Å². The van der Waals surface area contributed by atoms with Crippen LogP contribution in [0.15, 0.2) is 36.7 Å². The van der Waals surface area contributed by atoms with E-state index in [2.05, 4.69) is 30.4 Å². The number of hydrogen-bond acceptors (Lipinski definition) is 7. The topological polar surface area (TPSA) is 88.8 Å². The van der Waals surface area contributed by atoms with Crippen molar-refractivity contribution in [3.05, 3.63) is 48.0 Å². The molecule has 0 aliphatic rings. The molecule has 4 aromatic rings. The average Bonchev–Trinajstić information content (AvgIpc) is 3.41. The monoisotopic (exact) mass is 453 g/mol. The molecule has 8 nitrogen and oxygen atoms in total. The molecule has 0 spiro atoms. The number of halogens is 1. The zero-order chi connectivity index (χ0) is 22.8. The van der Waals surface area contributed by atoms with Gasteiger partial charge in [0.15, 0.2) is 11.0 Å². The Kier molecular flexibility index (Phi) is 6.13. The number of nitrogens with one attached hydrogen (secondary N) is 1. The predicted molar refractivity (Wildman–Crippen MR) is 125 cm³/mol. The van der Waals surface area contributed by atoms with Crippen LogP contribution in [0.1, 0.15) is 44.1 Å². The van der Waals surface area contributed by atoms with Crippen LogP contribution in [0, 0.1) is 5.82 Å². The van der Waals surface area contributed by atoms with Crippen molar-refractivity contribution in [2.24, 2.45) is 0 Å². The Bertz CT molecular complexity index is 1260. The first-order valence-electron chi connectivity index (χ1n) is 10.4. The van der Waals surface area contributed by atoms with Crippen molar-refractivity contribution in [3.63, 3.8) is 0 Å². The number of pyridine rings is 1. The fraction of sp³-hybridized carbons (Fsp3) is 0.318. The van der Waals surface area contributed by atoms with Crippen LogP contribution in [0.5, 0.6) is 0 Å². The van der Waals surface area contributed by atoms with Gasteiger partial charge in [0, 0.05) is 25.2 Å². The van der Waals surface area contributed by atoms with Gasteiger partial charge in [-0.1, -0.05) is 17.4 Å². The van der Waals surface area contributed by atoms with E-state index in [1.807, 2.05) is 32.3 Å². The van der Waals surface area contributed by atoms with Crippen molar-refractivity contribution in [1.82, 2.24) is 24.7 Å². The zero-order valence-corrected chi connectivity index (χ0v) is 19.1. The Morgan fingerprint density at radius 2 is 2.00 bits per heavy atom. The van der Waals surface area contributed by atoms with Gasteiger partial charge in [-0.25, -0.2) is 14.4 Å². The fourth-order valence-corrected chi connectivity index (χ4v) is 4.47. The van der Waals surface area contributed by atoms with Crippen LogP contribution in [-0.2, 0) is 0 Å². The maximum Gasteiger partial charge on any atom is 0.259 e. The second kappa shape index (κ2) is 8.99. The number of carbonyl (C=O) groups excluding carboxylic acids is 1. The molecular weight excluding hydrogens is 429 g/mol. The van der Waals surface area contributed by atoms with Crippen LogP contribution in [0.25, 0.3) is 21.7 Å². The summed E-state index contributed by atoms with van der Waals surface area (Å²) in [5, 5.41) is 11.6. The highest BCUT2D eigenvalue weighted by Crippen LogP contribution is 2.31. The third-order valence-corrected chi connectivity index (χ3v) is 6.17. The number of anilines is 2. The lowest BCUT2D eigenvalue weighted by Gasteiger charge is -2.16. The molecule has 0 saturated carbocycles. The van der Waals surface area contributed by atoms with Crippen molar-refractivity contribution < 1.29 is 9.18 Å². The summed E-state index contributed by atoms with van der Waals surface area (Å²) >= 11 is 1.44. The minimum atomic E-state index is -0.623. The molecule has 4 rings (SSSR count). The summed E-state index contributed by atoms with van der Waals surface area (Å²) < 4.78 is 17.4. The van der Waals surface area contributed by atoms with Gasteiger partial charge in [0.05, 0.1) is 15.8 Å². The van der Waals surface area contributed by atoms with E-state index in [-0.39, 0.29) is 11.6 Å².